The topological polar surface area (TPSA) is 0 Å². The van der Waals surface area contributed by atoms with E-state index in [9.17, 15) is 4.39 Å². The van der Waals surface area contributed by atoms with Crippen LogP contribution in [0.1, 0.15) is 24.0 Å². The molecule has 0 spiro atoms. The molecule has 0 atom stereocenters. The smallest absolute Gasteiger partial charge is 0.123 e. The zero-order valence-electron chi connectivity index (χ0n) is 6.94. The van der Waals surface area contributed by atoms with Crippen molar-refractivity contribution in [3.63, 3.8) is 0 Å². The van der Waals surface area contributed by atoms with Gasteiger partial charge < -0.3 is 0 Å². The normalized spacial score (nSPS) is 15.9. The van der Waals surface area contributed by atoms with Crippen molar-refractivity contribution < 1.29 is 4.39 Å². The maximum Gasteiger partial charge on any atom is 0.123 e. The van der Waals surface area contributed by atoms with Gasteiger partial charge in [0.1, 0.15) is 5.82 Å². The highest BCUT2D eigenvalue weighted by Gasteiger charge is 2.12. The summed E-state index contributed by atoms with van der Waals surface area (Å²) in [5, 5.41) is 0. The van der Waals surface area contributed by atoms with Crippen LogP contribution >= 0.6 is 0 Å². The molecule has 0 saturated heterocycles. The van der Waals surface area contributed by atoms with Gasteiger partial charge in [-0.05, 0) is 48.1 Å². The molecule has 0 nitrogen and oxygen atoms in total. The Morgan fingerprint density at radius 3 is 2.92 bits per heavy atom. The van der Waals surface area contributed by atoms with Crippen LogP contribution in [0.4, 0.5) is 4.39 Å². The first-order valence-electron chi connectivity index (χ1n) is 4.24. The monoisotopic (exact) mass is 162 g/mol. The maximum absolute atomic E-state index is 12.8. The van der Waals surface area contributed by atoms with Crippen LogP contribution in [0.5, 0.6) is 0 Å². The number of hydrogen-bond acceptors (Lipinski definition) is 0. The number of rotatable bonds is 0. The first-order chi connectivity index (χ1) is 5.77. The molecule has 1 aliphatic rings. The Balaban J connectivity index is 2.53. The van der Waals surface area contributed by atoms with Crippen LogP contribution in [0.3, 0.4) is 0 Å². The quantitative estimate of drug-likeness (QED) is 0.549. The van der Waals surface area contributed by atoms with Gasteiger partial charge in [0, 0.05) is 0 Å². The third kappa shape index (κ3) is 1.15. The van der Waals surface area contributed by atoms with Crippen molar-refractivity contribution in [2.45, 2.75) is 19.3 Å². The van der Waals surface area contributed by atoms with Crippen molar-refractivity contribution in [2.75, 3.05) is 0 Å². The molecule has 1 aromatic rings. The molecule has 1 heteroatoms. The van der Waals surface area contributed by atoms with Gasteiger partial charge in [0.15, 0.2) is 0 Å². The molecule has 2 rings (SSSR count). The van der Waals surface area contributed by atoms with E-state index in [4.69, 9.17) is 0 Å². The van der Waals surface area contributed by atoms with Gasteiger partial charge in [-0.15, -0.1) is 0 Å². The van der Waals surface area contributed by atoms with Crippen molar-refractivity contribution in [1.82, 2.24) is 0 Å². The minimum absolute atomic E-state index is 0.136. The average molecular weight is 162 g/mol. The minimum Gasteiger partial charge on any atom is -0.207 e. The van der Waals surface area contributed by atoms with E-state index < -0.39 is 0 Å². The molecular weight excluding hydrogens is 151 g/mol. The Bertz CT molecular complexity index is 326. The maximum atomic E-state index is 12.8. The first kappa shape index (κ1) is 7.53. The number of allylic oxidation sites excluding steroid dienone is 1. The van der Waals surface area contributed by atoms with Crippen LogP contribution in [0.25, 0.3) is 5.57 Å². The van der Waals surface area contributed by atoms with Gasteiger partial charge >= 0.3 is 0 Å². The predicted octanol–water partition coefficient (Wildman–Crippen LogP) is 3.18. The Hall–Kier alpha value is -1.11. The second kappa shape index (κ2) is 2.74. The van der Waals surface area contributed by atoms with E-state index in [2.05, 4.69) is 6.58 Å². The van der Waals surface area contributed by atoms with Crippen molar-refractivity contribution in [3.8, 4) is 0 Å². The lowest BCUT2D eigenvalue weighted by molar-refractivity contribution is 0.623. The average Bonchev–Trinajstić information content (AvgIpc) is 2.04. The molecule has 1 aliphatic carbocycles. The van der Waals surface area contributed by atoms with E-state index >= 15 is 0 Å². The highest BCUT2D eigenvalue weighted by Crippen LogP contribution is 2.29. The van der Waals surface area contributed by atoms with Crippen LogP contribution in [0.2, 0.25) is 0 Å². The standard InChI is InChI=1S/C11H11F/c1-8-3-2-4-9-7-10(12)5-6-11(8)9/h5-7H,1-4H2. The molecule has 0 aliphatic heterocycles. The fourth-order valence-corrected chi connectivity index (χ4v) is 1.74. The molecule has 0 unspecified atom stereocenters. The number of halogens is 1. The van der Waals surface area contributed by atoms with Crippen LogP contribution in [0.15, 0.2) is 24.8 Å². The van der Waals surface area contributed by atoms with Gasteiger partial charge in [0.25, 0.3) is 0 Å². The molecule has 1 aromatic carbocycles. The van der Waals surface area contributed by atoms with Crippen molar-refractivity contribution in [3.05, 3.63) is 41.7 Å². The molecule has 0 N–H and O–H groups in total. The van der Waals surface area contributed by atoms with E-state index in [0.29, 0.717) is 0 Å². The molecule has 0 bridgehead atoms. The molecule has 62 valence electrons. The van der Waals surface area contributed by atoms with Crippen molar-refractivity contribution >= 4 is 5.57 Å². The summed E-state index contributed by atoms with van der Waals surface area (Å²) in [5.74, 6) is -0.136. The van der Waals surface area contributed by atoms with Crippen molar-refractivity contribution in [1.29, 1.82) is 0 Å². The molecule has 0 heterocycles. The summed E-state index contributed by atoms with van der Waals surface area (Å²) in [6.45, 7) is 3.96. The van der Waals surface area contributed by atoms with Gasteiger partial charge in [0.2, 0.25) is 0 Å². The van der Waals surface area contributed by atoms with Gasteiger partial charge in [-0.2, -0.15) is 0 Å². The Labute approximate surface area is 71.7 Å². The van der Waals surface area contributed by atoms with E-state index in [1.807, 2.05) is 6.07 Å². The number of hydrogen-bond donors (Lipinski definition) is 0. The summed E-state index contributed by atoms with van der Waals surface area (Å²) in [6, 6.07) is 4.97. The summed E-state index contributed by atoms with van der Waals surface area (Å²) in [5.41, 5.74) is 3.42. The first-order valence-corrected chi connectivity index (χ1v) is 4.24. The van der Waals surface area contributed by atoms with E-state index in [1.54, 1.807) is 6.07 Å². The summed E-state index contributed by atoms with van der Waals surface area (Å²) < 4.78 is 12.8. The fraction of sp³-hybridized carbons (Fsp3) is 0.273. The summed E-state index contributed by atoms with van der Waals surface area (Å²) in [7, 11) is 0. The third-order valence-corrected chi connectivity index (χ3v) is 2.37. The zero-order chi connectivity index (χ0) is 8.55. The summed E-state index contributed by atoms with van der Waals surface area (Å²) >= 11 is 0. The SMILES string of the molecule is C=C1CCCc2cc(F)ccc21. The Morgan fingerprint density at radius 1 is 1.25 bits per heavy atom. The molecule has 0 amide bonds. The number of aryl methyl sites for hydroxylation is 1. The summed E-state index contributed by atoms with van der Waals surface area (Å²) in [4.78, 5) is 0. The Kier molecular flexibility index (Phi) is 1.72. The number of benzene rings is 1. The van der Waals surface area contributed by atoms with Gasteiger partial charge in [-0.25, -0.2) is 4.39 Å². The minimum atomic E-state index is -0.136. The zero-order valence-corrected chi connectivity index (χ0v) is 6.94. The second-order valence-electron chi connectivity index (χ2n) is 3.26. The van der Waals surface area contributed by atoms with Crippen LogP contribution in [-0.2, 0) is 6.42 Å². The summed E-state index contributed by atoms with van der Waals surface area (Å²) in [6.07, 6.45) is 3.15. The second-order valence-corrected chi connectivity index (χ2v) is 3.26. The van der Waals surface area contributed by atoms with Gasteiger partial charge in [-0.3, -0.25) is 0 Å². The highest BCUT2D eigenvalue weighted by molar-refractivity contribution is 5.67. The van der Waals surface area contributed by atoms with Gasteiger partial charge in [-0.1, -0.05) is 12.6 Å². The molecule has 0 fully saturated rings. The lowest BCUT2D eigenvalue weighted by atomic mass is 9.88. The molecular formula is C11H11F. The lowest BCUT2D eigenvalue weighted by Crippen LogP contribution is -2.01. The predicted molar refractivity (Wildman–Crippen MR) is 48.4 cm³/mol. The van der Waals surface area contributed by atoms with Crippen molar-refractivity contribution in [2.24, 2.45) is 0 Å². The van der Waals surface area contributed by atoms with Gasteiger partial charge in [0.05, 0.1) is 0 Å². The Morgan fingerprint density at radius 2 is 2.08 bits per heavy atom. The molecule has 0 saturated carbocycles. The van der Waals surface area contributed by atoms with E-state index in [0.717, 1.165) is 36.0 Å². The molecule has 0 radical (unpaired) electrons. The van der Waals surface area contributed by atoms with E-state index in [1.165, 1.54) is 6.07 Å². The lowest BCUT2D eigenvalue weighted by Gasteiger charge is -2.17. The van der Waals surface area contributed by atoms with Crippen LogP contribution in [0, 0.1) is 5.82 Å². The van der Waals surface area contributed by atoms with E-state index in [-0.39, 0.29) is 5.82 Å². The molecule has 0 aromatic heterocycles. The third-order valence-electron chi connectivity index (χ3n) is 2.37. The molecule has 12 heavy (non-hydrogen) atoms. The highest BCUT2D eigenvalue weighted by atomic mass is 19.1. The van der Waals surface area contributed by atoms with Crippen LogP contribution < -0.4 is 0 Å². The largest absolute Gasteiger partial charge is 0.207 e. The van der Waals surface area contributed by atoms with Crippen LogP contribution in [-0.4, -0.2) is 0 Å². The fourth-order valence-electron chi connectivity index (χ4n) is 1.74. The number of fused-ring (bicyclic) bond motifs is 1.